The summed E-state index contributed by atoms with van der Waals surface area (Å²) in [5.41, 5.74) is 2.42. The maximum absolute atomic E-state index is 11.7. The number of benzene rings is 1. The molecule has 1 aromatic rings. The molecule has 0 radical (unpaired) electrons. The van der Waals surface area contributed by atoms with Gasteiger partial charge in [-0.2, -0.15) is 0 Å². The number of hydrogen-bond acceptors (Lipinski definition) is 3. The van der Waals surface area contributed by atoms with Crippen LogP contribution in [0.1, 0.15) is 30.9 Å². The molecular formula is C16H24N2O3. The van der Waals surface area contributed by atoms with Crippen LogP contribution in [0.4, 0.5) is 0 Å². The summed E-state index contributed by atoms with van der Waals surface area (Å²) in [6, 6.07) is 7.40. The highest BCUT2D eigenvalue weighted by molar-refractivity contribution is 5.79. The normalized spacial score (nSPS) is 11.9. The molecular weight excluding hydrogens is 268 g/mol. The summed E-state index contributed by atoms with van der Waals surface area (Å²) in [6.07, 6.45) is 2.06. The fourth-order valence-electron chi connectivity index (χ4n) is 2.11. The van der Waals surface area contributed by atoms with Gasteiger partial charge in [0, 0.05) is 6.54 Å². The quantitative estimate of drug-likeness (QED) is 0.644. The third kappa shape index (κ3) is 6.40. The first-order valence-electron chi connectivity index (χ1n) is 7.32. The van der Waals surface area contributed by atoms with Crippen LogP contribution in [0.25, 0.3) is 0 Å². The fraction of sp³-hybridized carbons (Fsp3) is 0.500. The van der Waals surface area contributed by atoms with Gasteiger partial charge in [-0.15, -0.1) is 0 Å². The average molecular weight is 292 g/mol. The van der Waals surface area contributed by atoms with Crippen molar-refractivity contribution in [2.75, 3.05) is 13.1 Å². The van der Waals surface area contributed by atoms with Crippen molar-refractivity contribution in [3.05, 3.63) is 35.4 Å². The van der Waals surface area contributed by atoms with Crippen molar-refractivity contribution >= 4 is 11.9 Å². The van der Waals surface area contributed by atoms with Crippen LogP contribution in [0.15, 0.2) is 24.3 Å². The van der Waals surface area contributed by atoms with Crippen molar-refractivity contribution in [3.63, 3.8) is 0 Å². The van der Waals surface area contributed by atoms with Crippen molar-refractivity contribution in [1.82, 2.24) is 10.6 Å². The van der Waals surface area contributed by atoms with Crippen molar-refractivity contribution in [3.8, 4) is 0 Å². The van der Waals surface area contributed by atoms with Gasteiger partial charge in [0.25, 0.3) is 0 Å². The molecule has 0 saturated heterocycles. The van der Waals surface area contributed by atoms with Crippen LogP contribution in [0.2, 0.25) is 0 Å². The summed E-state index contributed by atoms with van der Waals surface area (Å²) in [7, 11) is 0. The van der Waals surface area contributed by atoms with Crippen LogP contribution in [0.3, 0.4) is 0 Å². The topological polar surface area (TPSA) is 78.4 Å². The van der Waals surface area contributed by atoms with Gasteiger partial charge >= 0.3 is 5.97 Å². The van der Waals surface area contributed by atoms with E-state index in [4.69, 9.17) is 5.11 Å². The van der Waals surface area contributed by atoms with Crippen LogP contribution < -0.4 is 10.6 Å². The van der Waals surface area contributed by atoms with Gasteiger partial charge in [-0.3, -0.25) is 14.9 Å². The van der Waals surface area contributed by atoms with E-state index in [9.17, 15) is 9.59 Å². The van der Waals surface area contributed by atoms with E-state index in [1.54, 1.807) is 0 Å². The lowest BCUT2D eigenvalue weighted by Gasteiger charge is -2.13. The molecule has 0 aliphatic rings. The minimum atomic E-state index is -0.912. The lowest BCUT2D eigenvalue weighted by Crippen LogP contribution is -2.43. The Labute approximate surface area is 125 Å². The third-order valence-corrected chi connectivity index (χ3v) is 3.36. The second-order valence-electron chi connectivity index (χ2n) is 5.09. The summed E-state index contributed by atoms with van der Waals surface area (Å²) >= 11 is 0. The van der Waals surface area contributed by atoms with E-state index < -0.39 is 12.0 Å². The standard InChI is InChI=1S/C16H24N2O3/c1-3-6-14(16(20)21)18-11-15(19)17-10-9-13-8-5-4-7-12(13)2/h4-5,7-8,14,18H,3,6,9-11H2,1-2H3,(H,17,19)(H,20,21). The molecule has 0 heterocycles. The molecule has 1 amide bonds. The maximum atomic E-state index is 11.7. The van der Waals surface area contributed by atoms with Gasteiger partial charge in [0.2, 0.25) is 5.91 Å². The Balaban J connectivity index is 2.28. The van der Waals surface area contributed by atoms with Gasteiger partial charge in [-0.05, 0) is 30.9 Å². The van der Waals surface area contributed by atoms with Gasteiger partial charge in [0.1, 0.15) is 6.04 Å². The van der Waals surface area contributed by atoms with E-state index in [1.807, 2.05) is 38.1 Å². The molecule has 0 aliphatic carbocycles. The van der Waals surface area contributed by atoms with E-state index in [0.29, 0.717) is 13.0 Å². The SMILES string of the molecule is CCCC(NCC(=O)NCCc1ccccc1C)C(=O)O. The number of hydrogen-bond donors (Lipinski definition) is 3. The fourth-order valence-corrected chi connectivity index (χ4v) is 2.11. The van der Waals surface area contributed by atoms with E-state index in [2.05, 4.69) is 10.6 Å². The first-order valence-corrected chi connectivity index (χ1v) is 7.32. The number of aryl methyl sites for hydroxylation is 1. The number of aliphatic carboxylic acids is 1. The Hall–Kier alpha value is -1.88. The minimum absolute atomic E-state index is 0.0325. The van der Waals surface area contributed by atoms with E-state index in [-0.39, 0.29) is 12.5 Å². The second kappa shape index (κ2) is 9.13. The summed E-state index contributed by atoms with van der Waals surface area (Å²) in [4.78, 5) is 22.6. The zero-order chi connectivity index (χ0) is 15.7. The van der Waals surface area contributed by atoms with Gasteiger partial charge in [0.15, 0.2) is 0 Å². The van der Waals surface area contributed by atoms with Crippen molar-refractivity contribution in [2.24, 2.45) is 0 Å². The Bertz CT molecular complexity index is 474. The molecule has 0 spiro atoms. The van der Waals surface area contributed by atoms with Crippen molar-refractivity contribution in [1.29, 1.82) is 0 Å². The molecule has 0 aromatic heterocycles. The molecule has 5 nitrogen and oxygen atoms in total. The van der Waals surface area contributed by atoms with E-state index in [1.165, 1.54) is 11.1 Å². The van der Waals surface area contributed by atoms with Gasteiger partial charge in [-0.1, -0.05) is 37.6 Å². The monoisotopic (exact) mass is 292 g/mol. The van der Waals surface area contributed by atoms with E-state index in [0.717, 1.165) is 12.8 Å². The predicted octanol–water partition coefficient (Wildman–Crippen LogP) is 1.50. The Morgan fingerprint density at radius 2 is 2.00 bits per heavy atom. The van der Waals surface area contributed by atoms with E-state index >= 15 is 0 Å². The van der Waals surface area contributed by atoms with Gasteiger partial charge < -0.3 is 10.4 Å². The van der Waals surface area contributed by atoms with Crippen LogP contribution in [-0.2, 0) is 16.0 Å². The number of nitrogens with one attached hydrogen (secondary N) is 2. The number of rotatable bonds is 9. The molecule has 0 saturated carbocycles. The molecule has 5 heteroatoms. The zero-order valence-electron chi connectivity index (χ0n) is 12.7. The van der Waals surface area contributed by atoms with Crippen LogP contribution in [0, 0.1) is 6.92 Å². The lowest BCUT2D eigenvalue weighted by molar-refractivity contribution is -0.139. The highest BCUT2D eigenvalue weighted by Crippen LogP contribution is 2.06. The first-order chi connectivity index (χ1) is 10.0. The molecule has 1 rings (SSSR count). The second-order valence-corrected chi connectivity index (χ2v) is 5.09. The first kappa shape index (κ1) is 17.2. The molecule has 116 valence electrons. The molecule has 1 aromatic carbocycles. The lowest BCUT2D eigenvalue weighted by atomic mass is 10.1. The molecule has 1 atom stereocenters. The molecule has 1 unspecified atom stereocenters. The van der Waals surface area contributed by atoms with Crippen molar-refractivity contribution in [2.45, 2.75) is 39.2 Å². The van der Waals surface area contributed by atoms with Crippen molar-refractivity contribution < 1.29 is 14.7 Å². The summed E-state index contributed by atoms with van der Waals surface area (Å²) < 4.78 is 0. The Morgan fingerprint density at radius 3 is 2.62 bits per heavy atom. The molecule has 0 fully saturated rings. The molecule has 0 aliphatic heterocycles. The van der Waals surface area contributed by atoms with Crippen LogP contribution in [0.5, 0.6) is 0 Å². The highest BCUT2D eigenvalue weighted by atomic mass is 16.4. The highest BCUT2D eigenvalue weighted by Gasteiger charge is 2.16. The van der Waals surface area contributed by atoms with Crippen LogP contribution >= 0.6 is 0 Å². The third-order valence-electron chi connectivity index (χ3n) is 3.36. The zero-order valence-corrected chi connectivity index (χ0v) is 12.7. The summed E-state index contributed by atoms with van der Waals surface area (Å²) in [5, 5.41) is 14.5. The number of amides is 1. The molecule has 0 bridgehead atoms. The number of carboxylic acid groups (broad SMARTS) is 1. The average Bonchev–Trinajstić information content (AvgIpc) is 2.45. The number of carboxylic acids is 1. The maximum Gasteiger partial charge on any atom is 0.320 e. The molecule has 21 heavy (non-hydrogen) atoms. The largest absolute Gasteiger partial charge is 0.480 e. The molecule has 3 N–H and O–H groups in total. The Morgan fingerprint density at radius 1 is 1.29 bits per heavy atom. The minimum Gasteiger partial charge on any atom is -0.480 e. The van der Waals surface area contributed by atoms with Crippen LogP contribution in [-0.4, -0.2) is 36.1 Å². The van der Waals surface area contributed by atoms with Gasteiger partial charge in [0.05, 0.1) is 6.54 Å². The number of carbonyl (C=O) groups excluding carboxylic acids is 1. The van der Waals surface area contributed by atoms with Gasteiger partial charge in [-0.25, -0.2) is 0 Å². The smallest absolute Gasteiger partial charge is 0.320 e. The Kier molecular flexibility index (Phi) is 7.46. The summed E-state index contributed by atoms with van der Waals surface area (Å²) in [5.74, 6) is -1.09. The predicted molar refractivity (Wildman–Crippen MR) is 82.2 cm³/mol. The summed E-state index contributed by atoms with van der Waals surface area (Å²) in [6.45, 7) is 4.54. The number of carbonyl (C=O) groups is 2.